The SMILES string of the molecule is CN(Cc1cnn(C)c1)C(=O)C1(N)CCCCC1. The lowest BCUT2D eigenvalue weighted by Gasteiger charge is -2.35. The standard InChI is InChI=1S/C13H22N4O/c1-16(9-11-8-15-17(2)10-11)12(18)13(14)6-4-3-5-7-13/h8,10H,3-7,9,14H2,1-2H3. The molecule has 5 heteroatoms. The van der Waals surface area contributed by atoms with E-state index in [4.69, 9.17) is 5.73 Å². The molecule has 0 aromatic carbocycles. The second-order valence-corrected chi connectivity index (χ2v) is 5.40. The summed E-state index contributed by atoms with van der Waals surface area (Å²) in [5.41, 5.74) is 6.64. The van der Waals surface area contributed by atoms with Crippen LogP contribution < -0.4 is 5.73 Å². The zero-order chi connectivity index (χ0) is 13.2. The van der Waals surface area contributed by atoms with Crippen molar-refractivity contribution in [2.75, 3.05) is 7.05 Å². The molecule has 0 aliphatic heterocycles. The number of aryl methyl sites for hydroxylation is 1. The molecule has 0 unspecified atom stereocenters. The van der Waals surface area contributed by atoms with Gasteiger partial charge >= 0.3 is 0 Å². The van der Waals surface area contributed by atoms with Crippen LogP contribution >= 0.6 is 0 Å². The number of hydrogen-bond acceptors (Lipinski definition) is 3. The number of nitrogens with two attached hydrogens (primary N) is 1. The van der Waals surface area contributed by atoms with Crippen LogP contribution in [0.25, 0.3) is 0 Å². The highest BCUT2D eigenvalue weighted by molar-refractivity contribution is 5.86. The van der Waals surface area contributed by atoms with Crippen LogP contribution in [0.5, 0.6) is 0 Å². The number of carbonyl (C=O) groups excluding carboxylic acids is 1. The Morgan fingerprint density at radius 2 is 2.17 bits per heavy atom. The minimum atomic E-state index is -0.644. The van der Waals surface area contributed by atoms with Gasteiger partial charge in [-0.25, -0.2) is 0 Å². The Labute approximate surface area is 108 Å². The van der Waals surface area contributed by atoms with Crippen LogP contribution in [0, 0.1) is 0 Å². The molecule has 2 N–H and O–H groups in total. The smallest absolute Gasteiger partial charge is 0.242 e. The first-order chi connectivity index (χ1) is 8.51. The van der Waals surface area contributed by atoms with E-state index in [2.05, 4.69) is 5.10 Å². The molecule has 2 rings (SSSR count). The Bertz CT molecular complexity index is 420. The van der Waals surface area contributed by atoms with Gasteiger partial charge in [0.15, 0.2) is 0 Å². The summed E-state index contributed by atoms with van der Waals surface area (Å²) < 4.78 is 1.74. The Hall–Kier alpha value is -1.36. The van der Waals surface area contributed by atoms with Crippen LogP contribution in [0.2, 0.25) is 0 Å². The fourth-order valence-electron chi connectivity index (χ4n) is 2.68. The van der Waals surface area contributed by atoms with Gasteiger partial charge in [-0.2, -0.15) is 5.10 Å². The van der Waals surface area contributed by atoms with Gasteiger partial charge in [0, 0.05) is 32.4 Å². The molecule has 1 aliphatic rings. The van der Waals surface area contributed by atoms with Crippen molar-refractivity contribution < 1.29 is 4.79 Å². The number of hydrogen-bond donors (Lipinski definition) is 1. The molecule has 1 amide bonds. The zero-order valence-corrected chi connectivity index (χ0v) is 11.2. The molecule has 0 atom stereocenters. The normalized spacial score (nSPS) is 18.6. The first-order valence-electron chi connectivity index (χ1n) is 6.53. The first-order valence-corrected chi connectivity index (χ1v) is 6.53. The number of carbonyl (C=O) groups is 1. The maximum atomic E-state index is 12.4. The largest absolute Gasteiger partial charge is 0.340 e. The maximum Gasteiger partial charge on any atom is 0.242 e. The molecule has 5 nitrogen and oxygen atoms in total. The number of rotatable bonds is 3. The second-order valence-electron chi connectivity index (χ2n) is 5.40. The minimum Gasteiger partial charge on any atom is -0.340 e. The van der Waals surface area contributed by atoms with E-state index in [-0.39, 0.29) is 5.91 Å². The highest BCUT2D eigenvalue weighted by Gasteiger charge is 2.37. The average molecular weight is 250 g/mol. The fraction of sp³-hybridized carbons (Fsp3) is 0.692. The molecule has 0 saturated heterocycles. The summed E-state index contributed by atoms with van der Waals surface area (Å²) in [4.78, 5) is 14.1. The Balaban J connectivity index is 1.99. The highest BCUT2D eigenvalue weighted by Crippen LogP contribution is 2.27. The van der Waals surface area contributed by atoms with Gasteiger partial charge in [-0.15, -0.1) is 0 Å². The molecule has 100 valence electrons. The summed E-state index contributed by atoms with van der Waals surface area (Å²) in [6.07, 6.45) is 8.64. The molecule has 1 fully saturated rings. The van der Waals surface area contributed by atoms with Gasteiger partial charge < -0.3 is 10.6 Å². The van der Waals surface area contributed by atoms with E-state index in [0.29, 0.717) is 6.54 Å². The topological polar surface area (TPSA) is 64.2 Å². The first kappa shape index (κ1) is 13.1. The maximum absolute atomic E-state index is 12.4. The molecule has 0 spiro atoms. The molecular formula is C13H22N4O. The van der Waals surface area contributed by atoms with Crippen molar-refractivity contribution in [2.24, 2.45) is 12.8 Å². The number of likely N-dealkylation sites (N-methyl/N-ethyl adjacent to an activating group) is 1. The zero-order valence-electron chi connectivity index (χ0n) is 11.2. The molecule has 1 aliphatic carbocycles. The Kier molecular flexibility index (Phi) is 3.71. The molecule has 1 aromatic rings. The van der Waals surface area contributed by atoms with Crippen molar-refractivity contribution in [1.82, 2.24) is 14.7 Å². The summed E-state index contributed by atoms with van der Waals surface area (Å²) in [5.74, 6) is 0.0612. The summed E-state index contributed by atoms with van der Waals surface area (Å²) in [7, 11) is 3.69. The molecule has 1 aromatic heterocycles. The molecule has 1 heterocycles. The lowest BCUT2D eigenvalue weighted by atomic mass is 9.81. The number of aromatic nitrogens is 2. The van der Waals surface area contributed by atoms with Crippen molar-refractivity contribution in [3.05, 3.63) is 18.0 Å². The van der Waals surface area contributed by atoms with E-state index in [1.54, 1.807) is 15.8 Å². The van der Waals surface area contributed by atoms with Crippen LogP contribution in [0.3, 0.4) is 0 Å². The Morgan fingerprint density at radius 3 is 2.72 bits per heavy atom. The molecule has 0 bridgehead atoms. The summed E-state index contributed by atoms with van der Waals surface area (Å²) in [6, 6.07) is 0. The van der Waals surface area contributed by atoms with E-state index < -0.39 is 5.54 Å². The van der Waals surface area contributed by atoms with Crippen LogP contribution in [-0.2, 0) is 18.4 Å². The predicted molar refractivity (Wildman–Crippen MR) is 69.7 cm³/mol. The third-order valence-corrected chi connectivity index (χ3v) is 3.70. The monoisotopic (exact) mass is 250 g/mol. The molecule has 1 saturated carbocycles. The van der Waals surface area contributed by atoms with Gasteiger partial charge in [-0.3, -0.25) is 9.48 Å². The van der Waals surface area contributed by atoms with Crippen molar-refractivity contribution >= 4 is 5.91 Å². The van der Waals surface area contributed by atoms with Crippen molar-refractivity contribution in [3.8, 4) is 0 Å². The lowest BCUT2D eigenvalue weighted by Crippen LogP contribution is -2.55. The third-order valence-electron chi connectivity index (χ3n) is 3.70. The molecule has 18 heavy (non-hydrogen) atoms. The van der Waals surface area contributed by atoms with E-state index in [1.807, 2.05) is 20.3 Å². The van der Waals surface area contributed by atoms with Gasteiger partial charge in [-0.1, -0.05) is 19.3 Å². The number of amides is 1. The lowest BCUT2D eigenvalue weighted by molar-refractivity contribution is -0.137. The van der Waals surface area contributed by atoms with Crippen LogP contribution in [-0.4, -0.2) is 33.2 Å². The van der Waals surface area contributed by atoms with Gasteiger partial charge in [0.25, 0.3) is 0 Å². The third kappa shape index (κ3) is 2.72. The number of nitrogens with zero attached hydrogens (tertiary/aromatic N) is 3. The van der Waals surface area contributed by atoms with Gasteiger partial charge in [0.1, 0.15) is 0 Å². The van der Waals surface area contributed by atoms with Crippen LogP contribution in [0.4, 0.5) is 0 Å². The molecule has 0 radical (unpaired) electrons. The second kappa shape index (κ2) is 5.10. The van der Waals surface area contributed by atoms with E-state index in [1.165, 1.54) is 6.42 Å². The summed E-state index contributed by atoms with van der Waals surface area (Å²) >= 11 is 0. The Morgan fingerprint density at radius 1 is 1.50 bits per heavy atom. The van der Waals surface area contributed by atoms with Crippen molar-refractivity contribution in [3.63, 3.8) is 0 Å². The summed E-state index contributed by atoms with van der Waals surface area (Å²) in [6.45, 7) is 0.575. The minimum absolute atomic E-state index is 0.0612. The van der Waals surface area contributed by atoms with Crippen molar-refractivity contribution in [1.29, 1.82) is 0 Å². The average Bonchev–Trinajstić information content (AvgIpc) is 2.74. The fourth-order valence-corrected chi connectivity index (χ4v) is 2.68. The van der Waals surface area contributed by atoms with Gasteiger partial charge in [0.05, 0.1) is 11.7 Å². The summed E-state index contributed by atoms with van der Waals surface area (Å²) in [5, 5.41) is 4.11. The highest BCUT2D eigenvalue weighted by atomic mass is 16.2. The van der Waals surface area contributed by atoms with Crippen molar-refractivity contribution in [2.45, 2.75) is 44.2 Å². The van der Waals surface area contributed by atoms with E-state index >= 15 is 0 Å². The van der Waals surface area contributed by atoms with Crippen LogP contribution in [0.1, 0.15) is 37.7 Å². The molecular weight excluding hydrogens is 228 g/mol. The van der Waals surface area contributed by atoms with E-state index in [0.717, 1.165) is 31.2 Å². The van der Waals surface area contributed by atoms with Gasteiger partial charge in [-0.05, 0) is 12.8 Å². The van der Waals surface area contributed by atoms with Gasteiger partial charge in [0.2, 0.25) is 5.91 Å². The quantitative estimate of drug-likeness (QED) is 0.871. The predicted octanol–water partition coefficient (Wildman–Crippen LogP) is 1.04. The van der Waals surface area contributed by atoms with Crippen LogP contribution in [0.15, 0.2) is 12.4 Å². The van der Waals surface area contributed by atoms with E-state index in [9.17, 15) is 4.79 Å².